The van der Waals surface area contributed by atoms with Gasteiger partial charge in [0.2, 0.25) is 0 Å². The Balaban J connectivity index is 1.71. The number of nitrogens with two attached hydrogens (primary N) is 1. The number of rotatable bonds is 7. The number of benzene rings is 3. The number of thioether (sulfide) groups is 1. The number of nitro benzene ring substituents is 1. The van der Waals surface area contributed by atoms with E-state index >= 15 is 0 Å². The number of ether oxygens (including phenoxy) is 1. The first-order valence-electron chi connectivity index (χ1n) is 8.66. The second-order valence-electron chi connectivity index (χ2n) is 5.85. The molecular formula is C21H18N4O3S. The van der Waals surface area contributed by atoms with Gasteiger partial charge in [0.15, 0.2) is 5.17 Å². The van der Waals surface area contributed by atoms with Crippen molar-refractivity contribution >= 4 is 28.8 Å². The van der Waals surface area contributed by atoms with Gasteiger partial charge in [0.1, 0.15) is 11.5 Å². The lowest BCUT2D eigenvalue weighted by atomic mass is 10.2. The Bertz CT molecular complexity index is 1020. The van der Waals surface area contributed by atoms with E-state index in [2.05, 4.69) is 10.2 Å². The third-order valence-corrected chi connectivity index (χ3v) is 4.61. The standard InChI is InChI=1S/C21H18N4O3S/c22-21(29-15-16-7-3-1-4-8-16)24-23-14-17-13-19(11-12-20(17)25(26)27)28-18-9-5-2-6-10-18/h1-14H,15H2,(H2,22,24). The quantitative estimate of drug-likeness (QED) is 0.258. The predicted molar refractivity (Wildman–Crippen MR) is 117 cm³/mol. The van der Waals surface area contributed by atoms with Gasteiger partial charge in [0.25, 0.3) is 5.69 Å². The Morgan fingerprint density at radius 3 is 2.41 bits per heavy atom. The maximum absolute atomic E-state index is 11.3. The third kappa shape index (κ3) is 6.18. The van der Waals surface area contributed by atoms with Crippen molar-refractivity contribution in [1.82, 2.24) is 0 Å². The number of hydrogen-bond acceptors (Lipinski definition) is 6. The van der Waals surface area contributed by atoms with E-state index in [-0.39, 0.29) is 16.4 Å². The molecule has 146 valence electrons. The van der Waals surface area contributed by atoms with Gasteiger partial charge in [-0.05, 0) is 29.8 Å². The van der Waals surface area contributed by atoms with E-state index in [0.29, 0.717) is 17.3 Å². The average molecular weight is 406 g/mol. The molecule has 8 heteroatoms. The molecule has 0 heterocycles. The van der Waals surface area contributed by atoms with Crippen LogP contribution in [0.5, 0.6) is 11.5 Å². The van der Waals surface area contributed by atoms with Crippen LogP contribution in [0.1, 0.15) is 11.1 Å². The zero-order chi connectivity index (χ0) is 20.5. The molecule has 0 radical (unpaired) electrons. The fourth-order valence-electron chi connectivity index (χ4n) is 2.40. The monoisotopic (exact) mass is 406 g/mol. The van der Waals surface area contributed by atoms with Gasteiger partial charge in [0.05, 0.1) is 16.7 Å². The molecule has 0 aliphatic heterocycles. The highest BCUT2D eigenvalue weighted by Crippen LogP contribution is 2.26. The summed E-state index contributed by atoms with van der Waals surface area (Å²) < 4.78 is 5.72. The molecule has 3 rings (SSSR count). The molecule has 3 aromatic rings. The summed E-state index contributed by atoms with van der Waals surface area (Å²) in [6.07, 6.45) is 1.30. The van der Waals surface area contributed by atoms with E-state index in [1.54, 1.807) is 12.1 Å². The first-order valence-corrected chi connectivity index (χ1v) is 9.65. The minimum atomic E-state index is -0.481. The van der Waals surface area contributed by atoms with Gasteiger partial charge in [-0.3, -0.25) is 10.1 Å². The molecule has 0 spiro atoms. The fraction of sp³-hybridized carbons (Fsp3) is 0.0476. The molecule has 0 unspecified atom stereocenters. The number of para-hydroxylation sites is 1. The molecule has 0 saturated heterocycles. The molecule has 7 nitrogen and oxygen atoms in total. The largest absolute Gasteiger partial charge is 0.457 e. The highest BCUT2D eigenvalue weighted by molar-refractivity contribution is 8.13. The minimum absolute atomic E-state index is 0.0973. The van der Waals surface area contributed by atoms with Crippen molar-refractivity contribution in [2.24, 2.45) is 15.9 Å². The molecule has 0 aliphatic carbocycles. The molecule has 0 fully saturated rings. The Morgan fingerprint density at radius 1 is 1.03 bits per heavy atom. The van der Waals surface area contributed by atoms with Gasteiger partial charge in [-0.1, -0.05) is 60.3 Å². The Labute approximate surface area is 172 Å². The molecule has 29 heavy (non-hydrogen) atoms. The lowest BCUT2D eigenvalue weighted by Gasteiger charge is -2.06. The molecule has 0 bridgehead atoms. The second kappa shape index (κ2) is 10.0. The summed E-state index contributed by atoms with van der Waals surface area (Å²) >= 11 is 1.34. The number of amidine groups is 1. The first kappa shape index (κ1) is 20.1. The SMILES string of the molecule is NC(=NN=Cc1cc(Oc2ccccc2)ccc1[N+](=O)[O-])SCc1ccccc1. The molecule has 0 aliphatic rings. The highest BCUT2D eigenvalue weighted by Gasteiger charge is 2.13. The van der Waals surface area contributed by atoms with Crippen molar-refractivity contribution in [3.63, 3.8) is 0 Å². The van der Waals surface area contributed by atoms with Crippen LogP contribution in [-0.4, -0.2) is 16.3 Å². The molecule has 0 saturated carbocycles. The van der Waals surface area contributed by atoms with Crippen molar-refractivity contribution < 1.29 is 9.66 Å². The van der Waals surface area contributed by atoms with Crippen LogP contribution in [0, 0.1) is 10.1 Å². The summed E-state index contributed by atoms with van der Waals surface area (Å²) in [5, 5.41) is 19.4. The molecular weight excluding hydrogens is 388 g/mol. The van der Waals surface area contributed by atoms with Crippen LogP contribution in [-0.2, 0) is 5.75 Å². The fourth-order valence-corrected chi connectivity index (χ4v) is 3.01. The van der Waals surface area contributed by atoms with Gasteiger partial charge in [-0.2, -0.15) is 5.10 Å². The van der Waals surface area contributed by atoms with Crippen LogP contribution in [0.3, 0.4) is 0 Å². The summed E-state index contributed by atoms with van der Waals surface area (Å²) in [6, 6.07) is 23.4. The summed E-state index contributed by atoms with van der Waals surface area (Å²) in [6.45, 7) is 0. The van der Waals surface area contributed by atoms with Crippen LogP contribution in [0.2, 0.25) is 0 Å². The van der Waals surface area contributed by atoms with E-state index < -0.39 is 4.92 Å². The van der Waals surface area contributed by atoms with Crippen LogP contribution >= 0.6 is 11.8 Å². The molecule has 0 aromatic heterocycles. The Kier molecular flexibility index (Phi) is 6.96. The summed E-state index contributed by atoms with van der Waals surface area (Å²) in [4.78, 5) is 10.8. The summed E-state index contributed by atoms with van der Waals surface area (Å²) in [5.74, 6) is 1.74. The van der Waals surface area contributed by atoms with E-state index in [4.69, 9.17) is 10.5 Å². The molecule has 3 aromatic carbocycles. The van der Waals surface area contributed by atoms with Crippen molar-refractivity contribution in [1.29, 1.82) is 0 Å². The third-order valence-electron chi connectivity index (χ3n) is 3.76. The average Bonchev–Trinajstić information content (AvgIpc) is 2.74. The number of hydrogen-bond donors (Lipinski definition) is 1. The topological polar surface area (TPSA) is 103 Å². The normalized spacial score (nSPS) is 11.5. The van der Waals surface area contributed by atoms with Gasteiger partial charge in [0, 0.05) is 11.8 Å². The van der Waals surface area contributed by atoms with Crippen molar-refractivity contribution in [2.75, 3.05) is 0 Å². The van der Waals surface area contributed by atoms with Gasteiger partial charge in [-0.25, -0.2) is 0 Å². The molecule has 0 atom stereocenters. The van der Waals surface area contributed by atoms with Crippen LogP contribution in [0.15, 0.2) is 89.1 Å². The molecule has 2 N–H and O–H groups in total. The van der Waals surface area contributed by atoms with Gasteiger partial charge >= 0.3 is 0 Å². The van der Waals surface area contributed by atoms with E-state index in [0.717, 1.165) is 5.56 Å². The van der Waals surface area contributed by atoms with Crippen molar-refractivity contribution in [2.45, 2.75) is 5.75 Å². The minimum Gasteiger partial charge on any atom is -0.457 e. The second-order valence-corrected chi connectivity index (χ2v) is 6.85. The van der Waals surface area contributed by atoms with E-state index in [9.17, 15) is 10.1 Å². The van der Waals surface area contributed by atoms with Crippen molar-refractivity contribution in [3.8, 4) is 11.5 Å². The summed E-state index contributed by atoms with van der Waals surface area (Å²) in [5.41, 5.74) is 7.14. The Hall–Kier alpha value is -3.65. The number of nitrogens with zero attached hydrogens (tertiary/aromatic N) is 3. The first-order chi connectivity index (χ1) is 14.1. The Morgan fingerprint density at radius 2 is 1.72 bits per heavy atom. The lowest BCUT2D eigenvalue weighted by Crippen LogP contribution is -2.06. The number of nitro groups is 1. The maximum Gasteiger partial charge on any atom is 0.278 e. The van der Waals surface area contributed by atoms with Crippen LogP contribution in [0.25, 0.3) is 0 Å². The van der Waals surface area contributed by atoms with Gasteiger partial charge in [-0.15, -0.1) is 5.10 Å². The van der Waals surface area contributed by atoms with Crippen molar-refractivity contribution in [3.05, 3.63) is 100 Å². The highest BCUT2D eigenvalue weighted by atomic mass is 32.2. The van der Waals surface area contributed by atoms with Crippen LogP contribution < -0.4 is 10.5 Å². The predicted octanol–water partition coefficient (Wildman–Crippen LogP) is 4.97. The van der Waals surface area contributed by atoms with E-state index in [1.165, 1.54) is 36.2 Å². The van der Waals surface area contributed by atoms with Crippen LogP contribution in [0.4, 0.5) is 5.69 Å². The van der Waals surface area contributed by atoms with E-state index in [1.807, 2.05) is 48.5 Å². The smallest absolute Gasteiger partial charge is 0.278 e. The maximum atomic E-state index is 11.3. The zero-order valence-corrected chi connectivity index (χ0v) is 16.2. The zero-order valence-electron chi connectivity index (χ0n) is 15.3. The summed E-state index contributed by atoms with van der Waals surface area (Å²) in [7, 11) is 0. The van der Waals surface area contributed by atoms with Gasteiger partial charge < -0.3 is 10.5 Å². The lowest BCUT2D eigenvalue weighted by molar-refractivity contribution is -0.385. The molecule has 0 amide bonds.